The van der Waals surface area contributed by atoms with Gasteiger partial charge in [-0.05, 0) is 36.2 Å². The molecule has 2 aromatic carbocycles. The molecular weight excluding hydrogens is 242 g/mol. The highest BCUT2D eigenvalue weighted by Crippen LogP contribution is 2.32. The van der Waals surface area contributed by atoms with E-state index in [-0.39, 0.29) is 5.91 Å². The molecule has 18 heavy (non-hydrogen) atoms. The standard InChI is InChI=1S/C15H13NOS/c1-16-15(17)13-9-4-3-7-11(13)12-8-5-6-10-14(12)18-2/h3-10H,1H2,2H3. The van der Waals surface area contributed by atoms with Crippen LogP contribution in [0.4, 0.5) is 0 Å². The summed E-state index contributed by atoms with van der Waals surface area (Å²) in [6, 6.07) is 15.5. The largest absolute Gasteiger partial charge is 0.277 e. The van der Waals surface area contributed by atoms with Crippen LogP contribution in [0.3, 0.4) is 0 Å². The van der Waals surface area contributed by atoms with E-state index >= 15 is 0 Å². The number of hydrogen-bond acceptors (Lipinski definition) is 2. The van der Waals surface area contributed by atoms with Crippen LogP contribution in [-0.4, -0.2) is 18.9 Å². The van der Waals surface area contributed by atoms with E-state index in [0.29, 0.717) is 5.56 Å². The second-order valence-electron chi connectivity index (χ2n) is 3.71. The predicted octanol–water partition coefficient (Wildman–Crippen LogP) is 3.92. The van der Waals surface area contributed by atoms with Gasteiger partial charge in [0.05, 0.1) is 0 Å². The molecule has 0 spiro atoms. The molecular formula is C15H13NOS. The number of rotatable bonds is 3. The molecule has 0 aliphatic heterocycles. The topological polar surface area (TPSA) is 29.4 Å². The third kappa shape index (κ3) is 2.36. The minimum atomic E-state index is -0.290. The number of amides is 1. The number of nitrogens with zero attached hydrogens (tertiary/aromatic N) is 1. The fraction of sp³-hybridized carbons (Fsp3) is 0.0667. The lowest BCUT2D eigenvalue weighted by atomic mass is 9.99. The molecule has 1 amide bonds. The molecule has 0 heterocycles. The fourth-order valence-corrected chi connectivity index (χ4v) is 2.47. The molecule has 0 fully saturated rings. The van der Waals surface area contributed by atoms with Crippen molar-refractivity contribution in [1.29, 1.82) is 0 Å². The van der Waals surface area contributed by atoms with Crippen molar-refractivity contribution < 1.29 is 4.79 Å². The number of carbonyl (C=O) groups is 1. The molecule has 3 heteroatoms. The van der Waals surface area contributed by atoms with Crippen LogP contribution in [0.2, 0.25) is 0 Å². The van der Waals surface area contributed by atoms with E-state index in [9.17, 15) is 4.79 Å². The quantitative estimate of drug-likeness (QED) is 0.614. The smallest absolute Gasteiger partial charge is 0.267 e. The van der Waals surface area contributed by atoms with Crippen molar-refractivity contribution in [2.24, 2.45) is 4.99 Å². The third-order valence-corrected chi connectivity index (χ3v) is 3.49. The van der Waals surface area contributed by atoms with Crippen LogP contribution in [0.5, 0.6) is 0 Å². The van der Waals surface area contributed by atoms with Gasteiger partial charge in [0, 0.05) is 10.5 Å². The van der Waals surface area contributed by atoms with Crippen molar-refractivity contribution in [1.82, 2.24) is 0 Å². The first-order valence-corrected chi connectivity index (χ1v) is 6.74. The SMILES string of the molecule is C=NC(=O)c1ccccc1-c1ccccc1SC. The maximum Gasteiger partial charge on any atom is 0.277 e. The average molecular weight is 255 g/mol. The van der Waals surface area contributed by atoms with Gasteiger partial charge >= 0.3 is 0 Å². The van der Waals surface area contributed by atoms with Gasteiger partial charge in [0.1, 0.15) is 0 Å². The molecule has 2 nitrogen and oxygen atoms in total. The lowest BCUT2D eigenvalue weighted by molar-refractivity contribution is 0.100. The van der Waals surface area contributed by atoms with Gasteiger partial charge in [-0.2, -0.15) is 0 Å². The highest BCUT2D eigenvalue weighted by Gasteiger charge is 2.12. The number of benzene rings is 2. The molecule has 90 valence electrons. The first-order chi connectivity index (χ1) is 8.77. The fourth-order valence-electron chi connectivity index (χ4n) is 1.86. The van der Waals surface area contributed by atoms with Gasteiger partial charge < -0.3 is 0 Å². The Morgan fingerprint density at radius 3 is 2.33 bits per heavy atom. The maximum atomic E-state index is 11.8. The molecule has 0 bridgehead atoms. The Morgan fingerprint density at radius 2 is 1.67 bits per heavy atom. The highest BCUT2D eigenvalue weighted by molar-refractivity contribution is 7.98. The Kier molecular flexibility index (Phi) is 3.95. The second-order valence-corrected chi connectivity index (χ2v) is 4.56. The van der Waals surface area contributed by atoms with Gasteiger partial charge in [-0.3, -0.25) is 4.79 Å². The van der Waals surface area contributed by atoms with Gasteiger partial charge in [0.25, 0.3) is 5.91 Å². The van der Waals surface area contributed by atoms with Crippen LogP contribution in [-0.2, 0) is 0 Å². The highest BCUT2D eigenvalue weighted by atomic mass is 32.2. The molecule has 0 aromatic heterocycles. The van der Waals surface area contributed by atoms with E-state index in [1.807, 2.05) is 48.7 Å². The Bertz CT molecular complexity index is 593. The van der Waals surface area contributed by atoms with E-state index < -0.39 is 0 Å². The number of aliphatic imine (C=N–C) groups is 1. The van der Waals surface area contributed by atoms with Crippen LogP contribution >= 0.6 is 11.8 Å². The minimum Gasteiger partial charge on any atom is -0.267 e. The summed E-state index contributed by atoms with van der Waals surface area (Å²) in [5.41, 5.74) is 2.55. The van der Waals surface area contributed by atoms with E-state index in [1.165, 1.54) is 0 Å². The van der Waals surface area contributed by atoms with Crippen molar-refractivity contribution in [3.63, 3.8) is 0 Å². The third-order valence-electron chi connectivity index (χ3n) is 2.70. The minimum absolute atomic E-state index is 0.290. The van der Waals surface area contributed by atoms with E-state index in [0.717, 1.165) is 16.0 Å². The first kappa shape index (κ1) is 12.6. The van der Waals surface area contributed by atoms with Crippen LogP contribution < -0.4 is 0 Å². The molecule has 0 aliphatic rings. The van der Waals surface area contributed by atoms with Gasteiger partial charge in [-0.15, -0.1) is 11.8 Å². The summed E-state index contributed by atoms with van der Waals surface area (Å²) in [5, 5.41) is 0. The van der Waals surface area contributed by atoms with Crippen LogP contribution in [0.25, 0.3) is 11.1 Å². The second kappa shape index (κ2) is 5.65. The molecule has 0 radical (unpaired) electrons. The summed E-state index contributed by atoms with van der Waals surface area (Å²) in [7, 11) is 0. The van der Waals surface area contributed by atoms with Gasteiger partial charge in [-0.1, -0.05) is 36.4 Å². The van der Waals surface area contributed by atoms with Gasteiger partial charge in [0.2, 0.25) is 0 Å². The molecule has 0 saturated carbocycles. The Balaban J connectivity index is 2.64. The van der Waals surface area contributed by atoms with E-state index in [1.54, 1.807) is 17.8 Å². The first-order valence-electron chi connectivity index (χ1n) is 5.51. The maximum absolute atomic E-state index is 11.8. The lowest BCUT2D eigenvalue weighted by Gasteiger charge is -2.10. The summed E-state index contributed by atoms with van der Waals surface area (Å²) in [5.74, 6) is -0.290. The number of carbonyl (C=O) groups excluding carboxylic acids is 1. The van der Waals surface area contributed by atoms with Crippen LogP contribution in [0, 0.1) is 0 Å². The molecule has 2 rings (SSSR count). The molecule has 0 atom stereocenters. The summed E-state index contributed by atoms with van der Waals surface area (Å²) in [6.45, 7) is 3.31. The summed E-state index contributed by atoms with van der Waals surface area (Å²) in [6.07, 6.45) is 2.02. The number of thioether (sulfide) groups is 1. The summed E-state index contributed by atoms with van der Waals surface area (Å²) < 4.78 is 0. The number of hydrogen-bond donors (Lipinski definition) is 0. The summed E-state index contributed by atoms with van der Waals surface area (Å²) in [4.78, 5) is 16.4. The molecule has 0 saturated heterocycles. The van der Waals surface area contributed by atoms with Crippen LogP contribution in [0.15, 0.2) is 58.4 Å². The van der Waals surface area contributed by atoms with Crippen LogP contribution in [0.1, 0.15) is 10.4 Å². The zero-order valence-corrected chi connectivity index (χ0v) is 10.9. The van der Waals surface area contributed by atoms with Crippen molar-refractivity contribution in [2.75, 3.05) is 6.26 Å². The van der Waals surface area contributed by atoms with Gasteiger partial charge in [0.15, 0.2) is 0 Å². The molecule has 0 N–H and O–H groups in total. The predicted molar refractivity (Wildman–Crippen MR) is 77.5 cm³/mol. The Labute approximate surface area is 111 Å². The lowest BCUT2D eigenvalue weighted by Crippen LogP contribution is -1.97. The van der Waals surface area contributed by atoms with Crippen molar-refractivity contribution in [2.45, 2.75) is 4.90 Å². The summed E-state index contributed by atoms with van der Waals surface area (Å²) >= 11 is 1.66. The molecule has 0 unspecified atom stereocenters. The zero-order chi connectivity index (χ0) is 13.0. The average Bonchev–Trinajstić information content (AvgIpc) is 2.46. The monoisotopic (exact) mass is 255 g/mol. The Morgan fingerprint density at radius 1 is 1.06 bits per heavy atom. The van der Waals surface area contributed by atoms with Gasteiger partial charge in [-0.25, -0.2) is 4.99 Å². The van der Waals surface area contributed by atoms with Crippen molar-refractivity contribution >= 4 is 24.4 Å². The zero-order valence-electron chi connectivity index (χ0n) is 10.1. The normalized spacial score (nSPS) is 10.1. The molecule has 2 aromatic rings. The van der Waals surface area contributed by atoms with Crippen molar-refractivity contribution in [3.8, 4) is 11.1 Å². The molecule has 0 aliphatic carbocycles. The van der Waals surface area contributed by atoms with E-state index in [4.69, 9.17) is 0 Å². The Hall–Kier alpha value is -1.87. The van der Waals surface area contributed by atoms with E-state index in [2.05, 4.69) is 11.7 Å². The van der Waals surface area contributed by atoms with Crippen molar-refractivity contribution in [3.05, 3.63) is 54.1 Å².